The van der Waals surface area contributed by atoms with E-state index in [9.17, 15) is 21.6 Å². The molecule has 178 valence electrons. The van der Waals surface area contributed by atoms with Gasteiger partial charge in [0, 0.05) is 43.5 Å². The topological polar surface area (TPSA) is 107 Å². The van der Waals surface area contributed by atoms with Crippen molar-refractivity contribution in [2.24, 2.45) is 0 Å². The third kappa shape index (κ3) is 4.77. The van der Waals surface area contributed by atoms with Crippen molar-refractivity contribution < 1.29 is 21.6 Å². The van der Waals surface area contributed by atoms with Crippen LogP contribution in [0, 0.1) is 0 Å². The van der Waals surface area contributed by atoms with Crippen LogP contribution in [0.15, 0.2) is 47.4 Å². The highest BCUT2D eigenvalue weighted by atomic mass is 32.2. The second kappa shape index (κ2) is 8.71. The number of anilines is 2. The van der Waals surface area contributed by atoms with E-state index in [0.717, 1.165) is 5.56 Å². The fourth-order valence-electron chi connectivity index (χ4n) is 4.36. The van der Waals surface area contributed by atoms with Crippen LogP contribution in [0.1, 0.15) is 22.8 Å². The van der Waals surface area contributed by atoms with Crippen LogP contribution in [0.2, 0.25) is 0 Å². The molecule has 2 aliphatic rings. The first-order valence-corrected chi connectivity index (χ1v) is 14.0. The summed E-state index contributed by atoms with van der Waals surface area (Å²) in [5.74, 6) is -0.391. The molecule has 0 spiro atoms. The Morgan fingerprint density at radius 3 is 2.36 bits per heavy atom. The molecule has 11 heteroatoms. The Labute approximate surface area is 195 Å². The van der Waals surface area contributed by atoms with Crippen molar-refractivity contribution in [3.8, 4) is 0 Å². The van der Waals surface area contributed by atoms with Gasteiger partial charge < -0.3 is 10.2 Å². The van der Waals surface area contributed by atoms with Gasteiger partial charge in [-0.05, 0) is 62.4 Å². The van der Waals surface area contributed by atoms with E-state index in [0.29, 0.717) is 49.5 Å². The second-order valence-electron chi connectivity index (χ2n) is 8.64. The van der Waals surface area contributed by atoms with Crippen LogP contribution < -0.4 is 9.62 Å². The van der Waals surface area contributed by atoms with Crippen molar-refractivity contribution in [1.29, 1.82) is 0 Å². The SMILES string of the molecule is CC1Cc2cc(C(=O)Nc3cccc(S(=O)(=O)N4CCN(C)CC4)c3)ccc2N1S(C)(=O)=O. The fourth-order valence-corrected chi connectivity index (χ4v) is 7.10. The number of nitrogens with zero attached hydrogens (tertiary/aromatic N) is 3. The van der Waals surface area contributed by atoms with E-state index in [1.807, 2.05) is 14.0 Å². The maximum Gasteiger partial charge on any atom is 0.255 e. The summed E-state index contributed by atoms with van der Waals surface area (Å²) in [5.41, 5.74) is 2.12. The number of sulfonamides is 2. The molecule has 1 N–H and O–H groups in total. The minimum absolute atomic E-state index is 0.136. The summed E-state index contributed by atoms with van der Waals surface area (Å²) >= 11 is 0. The number of amides is 1. The lowest BCUT2D eigenvalue weighted by Gasteiger charge is -2.31. The number of rotatable bonds is 5. The zero-order chi connectivity index (χ0) is 24.0. The van der Waals surface area contributed by atoms with Gasteiger partial charge in [-0.25, -0.2) is 16.8 Å². The summed E-state index contributed by atoms with van der Waals surface area (Å²) in [4.78, 5) is 15.1. The smallest absolute Gasteiger partial charge is 0.255 e. The molecule has 2 aliphatic heterocycles. The first-order chi connectivity index (χ1) is 15.5. The number of carbonyl (C=O) groups excluding carboxylic acids is 1. The van der Waals surface area contributed by atoms with Crippen molar-refractivity contribution in [2.45, 2.75) is 24.3 Å². The predicted molar refractivity (Wildman–Crippen MR) is 128 cm³/mol. The van der Waals surface area contributed by atoms with Gasteiger partial charge in [-0.1, -0.05) is 6.07 Å². The van der Waals surface area contributed by atoms with E-state index >= 15 is 0 Å². The molecule has 9 nitrogen and oxygen atoms in total. The largest absolute Gasteiger partial charge is 0.322 e. The van der Waals surface area contributed by atoms with Crippen LogP contribution in [0.5, 0.6) is 0 Å². The van der Waals surface area contributed by atoms with Gasteiger partial charge in [0.1, 0.15) is 0 Å². The lowest BCUT2D eigenvalue weighted by atomic mass is 10.1. The van der Waals surface area contributed by atoms with Crippen molar-refractivity contribution >= 4 is 37.3 Å². The number of benzene rings is 2. The first-order valence-electron chi connectivity index (χ1n) is 10.7. The number of hydrogen-bond donors (Lipinski definition) is 1. The van der Waals surface area contributed by atoms with Crippen LogP contribution in [0.3, 0.4) is 0 Å². The number of nitrogens with one attached hydrogen (secondary N) is 1. The molecule has 1 atom stereocenters. The molecule has 0 aromatic heterocycles. The molecule has 0 saturated carbocycles. The highest BCUT2D eigenvalue weighted by Crippen LogP contribution is 2.35. The van der Waals surface area contributed by atoms with Crippen LogP contribution in [0.4, 0.5) is 11.4 Å². The van der Waals surface area contributed by atoms with E-state index in [2.05, 4.69) is 10.2 Å². The van der Waals surface area contributed by atoms with Gasteiger partial charge in [-0.2, -0.15) is 4.31 Å². The zero-order valence-corrected chi connectivity index (χ0v) is 20.5. The summed E-state index contributed by atoms with van der Waals surface area (Å²) < 4.78 is 53.1. The summed E-state index contributed by atoms with van der Waals surface area (Å²) in [7, 11) is -5.10. The van der Waals surface area contributed by atoms with E-state index in [1.54, 1.807) is 30.3 Å². The van der Waals surface area contributed by atoms with Gasteiger partial charge >= 0.3 is 0 Å². The lowest BCUT2D eigenvalue weighted by molar-refractivity contribution is 0.102. The molecule has 33 heavy (non-hydrogen) atoms. The maximum atomic E-state index is 13.0. The number of piperazine rings is 1. The quantitative estimate of drug-likeness (QED) is 0.679. The third-order valence-corrected chi connectivity index (χ3v) is 9.21. The molecule has 1 amide bonds. The van der Waals surface area contributed by atoms with Crippen molar-refractivity contribution in [2.75, 3.05) is 49.1 Å². The highest BCUT2D eigenvalue weighted by Gasteiger charge is 2.33. The molecule has 1 saturated heterocycles. The third-order valence-electron chi connectivity index (χ3n) is 6.04. The van der Waals surface area contributed by atoms with Crippen LogP contribution >= 0.6 is 0 Å². The Morgan fingerprint density at radius 1 is 1.00 bits per heavy atom. The van der Waals surface area contributed by atoms with Gasteiger partial charge in [-0.15, -0.1) is 0 Å². The zero-order valence-electron chi connectivity index (χ0n) is 18.9. The Balaban J connectivity index is 1.53. The van der Waals surface area contributed by atoms with Crippen LogP contribution in [0.25, 0.3) is 0 Å². The molecule has 0 aliphatic carbocycles. The van der Waals surface area contributed by atoms with Gasteiger partial charge in [0.2, 0.25) is 20.0 Å². The number of likely N-dealkylation sites (N-methyl/N-ethyl adjacent to an activating group) is 1. The second-order valence-corrected chi connectivity index (χ2v) is 12.4. The molecule has 2 aromatic rings. The maximum absolute atomic E-state index is 13.0. The Bertz CT molecular complexity index is 1290. The number of carbonyl (C=O) groups is 1. The standard InChI is InChI=1S/C22H28N4O5S2/c1-16-13-18-14-17(7-8-21(18)26(16)32(3,28)29)22(27)23-19-5-4-6-20(15-19)33(30,31)25-11-9-24(2)10-12-25/h4-8,14-16H,9-13H2,1-3H3,(H,23,27). The van der Waals surface area contributed by atoms with Gasteiger partial charge in [0.05, 0.1) is 16.8 Å². The number of hydrogen-bond acceptors (Lipinski definition) is 6. The van der Waals surface area contributed by atoms with Crippen molar-refractivity contribution in [3.63, 3.8) is 0 Å². The van der Waals surface area contributed by atoms with Gasteiger partial charge in [0.25, 0.3) is 5.91 Å². The monoisotopic (exact) mass is 492 g/mol. The molecule has 0 bridgehead atoms. The molecule has 2 heterocycles. The van der Waals surface area contributed by atoms with Crippen molar-refractivity contribution in [1.82, 2.24) is 9.21 Å². The average molecular weight is 493 g/mol. The molecule has 1 unspecified atom stereocenters. The predicted octanol–water partition coefficient (Wildman–Crippen LogP) is 1.59. The fraction of sp³-hybridized carbons (Fsp3) is 0.409. The summed E-state index contributed by atoms with van der Waals surface area (Å²) in [6, 6.07) is 10.9. The normalized spacial score (nSPS) is 20.0. The Hall–Kier alpha value is -2.47. The van der Waals surface area contributed by atoms with Crippen LogP contribution in [-0.4, -0.2) is 77.5 Å². The minimum atomic E-state index is -3.65. The van der Waals surface area contributed by atoms with Gasteiger partial charge in [-0.3, -0.25) is 9.10 Å². The van der Waals surface area contributed by atoms with E-state index in [4.69, 9.17) is 0 Å². The highest BCUT2D eigenvalue weighted by molar-refractivity contribution is 7.92. The van der Waals surface area contributed by atoms with E-state index in [1.165, 1.54) is 27.0 Å². The van der Waals surface area contributed by atoms with Crippen molar-refractivity contribution in [3.05, 3.63) is 53.6 Å². The van der Waals surface area contributed by atoms with E-state index in [-0.39, 0.29) is 10.9 Å². The van der Waals surface area contributed by atoms with E-state index < -0.39 is 26.0 Å². The summed E-state index contributed by atoms with van der Waals surface area (Å²) in [6.45, 7) is 4.01. The lowest BCUT2D eigenvalue weighted by Crippen LogP contribution is -2.47. The Morgan fingerprint density at radius 2 is 1.70 bits per heavy atom. The molecular weight excluding hydrogens is 464 g/mol. The molecule has 1 fully saturated rings. The summed E-state index contributed by atoms with van der Waals surface area (Å²) in [5, 5.41) is 2.76. The minimum Gasteiger partial charge on any atom is -0.322 e. The average Bonchev–Trinajstić information content (AvgIpc) is 3.09. The molecule has 0 radical (unpaired) electrons. The Kier molecular flexibility index (Phi) is 6.25. The first kappa shape index (κ1) is 23.7. The van der Waals surface area contributed by atoms with Gasteiger partial charge in [0.15, 0.2) is 0 Å². The molecule has 4 rings (SSSR count). The van der Waals surface area contributed by atoms with Crippen LogP contribution in [-0.2, 0) is 26.5 Å². The number of fused-ring (bicyclic) bond motifs is 1. The summed E-state index contributed by atoms with van der Waals surface area (Å²) in [6.07, 6.45) is 1.69. The molecule has 2 aromatic carbocycles. The molecular formula is C22H28N4O5S2.